The molecule has 4 nitrogen and oxygen atoms in total. The third-order valence-electron chi connectivity index (χ3n) is 6.87. The Morgan fingerprint density at radius 3 is 2.58 bits per heavy atom. The van der Waals surface area contributed by atoms with Crippen LogP contribution >= 0.6 is 24.0 Å². The summed E-state index contributed by atoms with van der Waals surface area (Å²) >= 11 is 7.55. The maximum absolute atomic E-state index is 9.45. The molecule has 0 aromatic heterocycles. The second-order valence-electron chi connectivity index (χ2n) is 10.3. The maximum atomic E-state index is 9.45. The third kappa shape index (κ3) is 11.7. The molecule has 2 rings (SSSR count). The Morgan fingerprint density at radius 1 is 1.16 bits per heavy atom. The number of allylic oxidation sites excluding steroid dienone is 4. The second kappa shape index (κ2) is 19.0. The molecule has 1 heterocycles. The van der Waals surface area contributed by atoms with Crippen molar-refractivity contribution in [2.75, 3.05) is 17.6 Å². The van der Waals surface area contributed by atoms with Gasteiger partial charge in [0, 0.05) is 24.0 Å². The van der Waals surface area contributed by atoms with Gasteiger partial charge in [0.05, 0.1) is 11.6 Å². The number of rotatable bonds is 16. The average Bonchev–Trinajstić information content (AvgIpc) is 3.30. The minimum atomic E-state index is 0.294. The van der Waals surface area contributed by atoms with Gasteiger partial charge in [0.15, 0.2) is 10.3 Å². The summed E-state index contributed by atoms with van der Waals surface area (Å²) in [5.74, 6) is 1.54. The van der Waals surface area contributed by atoms with E-state index in [0.29, 0.717) is 22.6 Å². The van der Waals surface area contributed by atoms with Gasteiger partial charge in [0.1, 0.15) is 0 Å². The molecule has 2 unspecified atom stereocenters. The summed E-state index contributed by atoms with van der Waals surface area (Å²) in [6, 6.07) is 8.48. The first kappa shape index (κ1) is 32.1. The lowest BCUT2D eigenvalue weighted by Crippen LogP contribution is -2.40. The molecule has 0 amide bonds. The number of hydrogen-bond donors (Lipinski definition) is 1. The third-order valence-corrected chi connectivity index (χ3v) is 8.40. The molecular formula is C32H48N4S2. The lowest BCUT2D eigenvalue weighted by molar-refractivity contribution is 0.500. The van der Waals surface area contributed by atoms with Crippen molar-refractivity contribution >= 4 is 39.9 Å². The number of nitriles is 1. The van der Waals surface area contributed by atoms with Crippen LogP contribution in [0.2, 0.25) is 0 Å². The molecule has 0 saturated carbocycles. The Bertz CT molecular complexity index is 976. The monoisotopic (exact) mass is 552 g/mol. The van der Waals surface area contributed by atoms with Crippen LogP contribution < -0.4 is 5.32 Å². The fraction of sp³-hybridized carbons (Fsp3) is 0.594. The molecule has 0 bridgehead atoms. The van der Waals surface area contributed by atoms with Crippen LogP contribution in [0.25, 0.3) is 0 Å². The van der Waals surface area contributed by atoms with Crippen LogP contribution in [0, 0.1) is 17.2 Å². The highest BCUT2D eigenvalue weighted by molar-refractivity contribution is 8.14. The molecule has 2 atom stereocenters. The summed E-state index contributed by atoms with van der Waals surface area (Å²) in [6.07, 6.45) is 22.6. The largest absolute Gasteiger partial charge is 0.332 e. The van der Waals surface area contributed by atoms with Crippen LogP contribution in [0.5, 0.6) is 0 Å². The standard InChI is InChI=1S/C32H48N4S2/c1-5-7-8-9-10-11-12-13-14-15-16-17-18-19-26(3)24-34-32-36(27(4)25-38-32)31(37)35-30-21-20-28(6-2)29(22-30)23-33/h11-12,14-15,20-22,26-27H,5-10,13,16-19,24-25H2,1-4H3,(H,35,37)/b12-11+,15-14+,34-32+. The zero-order valence-corrected chi connectivity index (χ0v) is 25.7. The number of hydrogen-bond acceptors (Lipinski definition) is 4. The molecule has 208 valence electrons. The number of thioether (sulfide) groups is 1. The first-order chi connectivity index (χ1) is 18.5. The van der Waals surface area contributed by atoms with Gasteiger partial charge in [-0.3, -0.25) is 9.89 Å². The molecule has 1 aromatic carbocycles. The summed E-state index contributed by atoms with van der Waals surface area (Å²) in [6.45, 7) is 9.64. The van der Waals surface area contributed by atoms with Gasteiger partial charge in [-0.2, -0.15) is 5.26 Å². The molecule has 1 aromatic rings. The predicted molar refractivity (Wildman–Crippen MR) is 172 cm³/mol. The highest BCUT2D eigenvalue weighted by atomic mass is 32.2. The smallest absolute Gasteiger partial charge is 0.179 e. The SMILES string of the molecule is CCCCCC/C=C/C/C=C/CCCCC(C)C/N=C1/SCC(C)N1C(=S)Nc1ccc(CC)c(C#N)c1. The molecule has 38 heavy (non-hydrogen) atoms. The number of aryl methyl sites for hydroxylation is 1. The van der Waals surface area contributed by atoms with Crippen LogP contribution in [0.4, 0.5) is 5.69 Å². The van der Waals surface area contributed by atoms with E-state index in [0.717, 1.165) is 41.6 Å². The van der Waals surface area contributed by atoms with Crippen molar-refractivity contribution in [2.24, 2.45) is 10.9 Å². The van der Waals surface area contributed by atoms with E-state index in [1.807, 2.05) is 18.2 Å². The van der Waals surface area contributed by atoms with Crippen LogP contribution in [-0.4, -0.2) is 33.5 Å². The van der Waals surface area contributed by atoms with Crippen molar-refractivity contribution in [3.8, 4) is 6.07 Å². The molecular weight excluding hydrogens is 505 g/mol. The van der Waals surface area contributed by atoms with Crippen molar-refractivity contribution in [3.63, 3.8) is 0 Å². The summed E-state index contributed by atoms with van der Waals surface area (Å²) in [5.41, 5.74) is 2.61. The number of nitrogens with one attached hydrogen (secondary N) is 1. The predicted octanol–water partition coefficient (Wildman–Crippen LogP) is 9.28. The van der Waals surface area contributed by atoms with Gasteiger partial charge in [-0.1, -0.05) is 88.6 Å². The zero-order valence-electron chi connectivity index (χ0n) is 24.0. The number of thiocarbonyl (C=S) groups is 1. The van der Waals surface area contributed by atoms with E-state index in [2.05, 4.69) is 68.3 Å². The van der Waals surface area contributed by atoms with Crippen LogP contribution in [-0.2, 0) is 6.42 Å². The quantitative estimate of drug-likeness (QED) is 0.126. The van der Waals surface area contributed by atoms with Crippen molar-refractivity contribution < 1.29 is 0 Å². The first-order valence-electron chi connectivity index (χ1n) is 14.6. The van der Waals surface area contributed by atoms with Crippen molar-refractivity contribution in [2.45, 2.75) is 104 Å². The lowest BCUT2D eigenvalue weighted by atomic mass is 10.0. The molecule has 6 heteroatoms. The first-order valence-corrected chi connectivity index (χ1v) is 16.0. The Morgan fingerprint density at radius 2 is 1.89 bits per heavy atom. The highest BCUT2D eigenvalue weighted by Crippen LogP contribution is 2.26. The van der Waals surface area contributed by atoms with Crippen LogP contribution in [0.1, 0.15) is 103 Å². The van der Waals surface area contributed by atoms with Gasteiger partial charge in [-0.05, 0) is 87.7 Å². The number of benzene rings is 1. The summed E-state index contributed by atoms with van der Waals surface area (Å²) in [7, 11) is 0. The van der Waals surface area contributed by atoms with Crippen molar-refractivity contribution in [3.05, 3.63) is 53.6 Å². The van der Waals surface area contributed by atoms with E-state index in [1.165, 1.54) is 57.8 Å². The molecule has 0 spiro atoms. The van der Waals surface area contributed by atoms with E-state index in [1.54, 1.807) is 11.8 Å². The van der Waals surface area contributed by atoms with Gasteiger partial charge >= 0.3 is 0 Å². The normalized spacial score (nSPS) is 17.5. The lowest BCUT2D eigenvalue weighted by Gasteiger charge is -2.25. The minimum Gasteiger partial charge on any atom is -0.332 e. The topological polar surface area (TPSA) is 51.4 Å². The molecule has 1 N–H and O–H groups in total. The van der Waals surface area contributed by atoms with E-state index in [4.69, 9.17) is 17.2 Å². The van der Waals surface area contributed by atoms with E-state index in [-0.39, 0.29) is 0 Å². The second-order valence-corrected chi connectivity index (χ2v) is 11.7. The molecule has 0 aliphatic carbocycles. The molecule has 1 fully saturated rings. The number of amidine groups is 1. The fourth-order valence-electron chi connectivity index (χ4n) is 4.46. The Hall–Kier alpha value is -2.10. The Balaban J connectivity index is 1.71. The number of anilines is 1. The maximum Gasteiger partial charge on any atom is 0.179 e. The molecule has 1 aliphatic heterocycles. The molecule has 1 aliphatic rings. The van der Waals surface area contributed by atoms with E-state index >= 15 is 0 Å². The van der Waals surface area contributed by atoms with E-state index in [9.17, 15) is 5.26 Å². The van der Waals surface area contributed by atoms with Gasteiger partial charge in [-0.15, -0.1) is 0 Å². The number of nitrogens with zero attached hydrogens (tertiary/aromatic N) is 3. The summed E-state index contributed by atoms with van der Waals surface area (Å²) < 4.78 is 0. The average molecular weight is 553 g/mol. The van der Waals surface area contributed by atoms with Gasteiger partial charge < -0.3 is 5.32 Å². The molecule has 0 radical (unpaired) electrons. The Kier molecular flexibility index (Phi) is 16.1. The van der Waals surface area contributed by atoms with Gasteiger partial charge in [-0.25, -0.2) is 0 Å². The van der Waals surface area contributed by atoms with Crippen molar-refractivity contribution in [1.82, 2.24) is 4.90 Å². The highest BCUT2D eigenvalue weighted by Gasteiger charge is 2.30. The van der Waals surface area contributed by atoms with E-state index < -0.39 is 0 Å². The summed E-state index contributed by atoms with van der Waals surface area (Å²) in [4.78, 5) is 7.10. The van der Waals surface area contributed by atoms with Crippen LogP contribution in [0.3, 0.4) is 0 Å². The van der Waals surface area contributed by atoms with Crippen LogP contribution in [0.15, 0.2) is 47.5 Å². The number of unbranched alkanes of at least 4 members (excludes halogenated alkanes) is 6. The van der Waals surface area contributed by atoms with Gasteiger partial charge in [0.25, 0.3) is 0 Å². The minimum absolute atomic E-state index is 0.294. The molecule has 1 saturated heterocycles. The number of aliphatic imine (C=N–C) groups is 1. The van der Waals surface area contributed by atoms with Crippen molar-refractivity contribution in [1.29, 1.82) is 5.26 Å². The Labute approximate surface area is 242 Å². The fourth-order valence-corrected chi connectivity index (χ4v) is 6.02. The zero-order chi connectivity index (χ0) is 27.6. The van der Waals surface area contributed by atoms with Gasteiger partial charge in [0.2, 0.25) is 0 Å². The summed E-state index contributed by atoms with van der Waals surface area (Å²) in [5, 5.41) is 14.4.